The van der Waals surface area contributed by atoms with Crippen molar-refractivity contribution in [1.82, 2.24) is 10.9 Å². The Bertz CT molecular complexity index is 866. The molecule has 0 aliphatic rings. The number of nitrogens with one attached hydrogen (secondary N) is 3. The van der Waals surface area contributed by atoms with E-state index < -0.39 is 17.9 Å². The van der Waals surface area contributed by atoms with Crippen LogP contribution in [0.4, 0.5) is 5.69 Å². The SMILES string of the molecule is CCOc1ccc(NC(=O)CCC(=O)NNC(=O)C(CC)Oc2ccc(C)cc2)cc1. The number of rotatable bonds is 10. The standard InChI is InChI=1S/C23H29N3O5/c1-4-20(31-19-10-6-16(3)7-11-19)23(29)26-25-22(28)15-14-21(27)24-17-8-12-18(13-9-17)30-5-2/h6-13,20H,4-5,14-15H2,1-3H3,(H,24,27)(H,25,28)(H,26,29). The Kier molecular flexibility index (Phi) is 9.35. The van der Waals surface area contributed by atoms with Crippen molar-refractivity contribution in [1.29, 1.82) is 0 Å². The summed E-state index contributed by atoms with van der Waals surface area (Å²) in [6.45, 7) is 6.23. The van der Waals surface area contributed by atoms with Crippen LogP contribution in [0.2, 0.25) is 0 Å². The topological polar surface area (TPSA) is 106 Å². The van der Waals surface area contributed by atoms with Crippen molar-refractivity contribution in [2.45, 2.75) is 46.1 Å². The van der Waals surface area contributed by atoms with Crippen molar-refractivity contribution in [3.05, 3.63) is 54.1 Å². The highest BCUT2D eigenvalue weighted by Crippen LogP contribution is 2.16. The van der Waals surface area contributed by atoms with E-state index >= 15 is 0 Å². The molecule has 31 heavy (non-hydrogen) atoms. The van der Waals surface area contributed by atoms with Gasteiger partial charge in [0.25, 0.3) is 5.91 Å². The third-order valence-corrected chi connectivity index (χ3v) is 4.32. The number of amides is 3. The highest BCUT2D eigenvalue weighted by atomic mass is 16.5. The van der Waals surface area contributed by atoms with Crippen LogP contribution in [0.25, 0.3) is 0 Å². The monoisotopic (exact) mass is 427 g/mol. The third kappa shape index (κ3) is 8.38. The quantitative estimate of drug-likeness (QED) is 0.505. The average Bonchev–Trinajstić information content (AvgIpc) is 2.77. The summed E-state index contributed by atoms with van der Waals surface area (Å²) in [5.41, 5.74) is 6.36. The minimum Gasteiger partial charge on any atom is -0.494 e. The molecule has 0 aliphatic carbocycles. The van der Waals surface area contributed by atoms with Gasteiger partial charge < -0.3 is 14.8 Å². The van der Waals surface area contributed by atoms with Gasteiger partial charge in [-0.05, 0) is 56.7 Å². The Balaban J connectivity index is 1.71. The molecule has 0 spiro atoms. The Labute approximate surface area is 182 Å². The fraction of sp³-hybridized carbons (Fsp3) is 0.348. The maximum absolute atomic E-state index is 12.3. The fourth-order valence-electron chi connectivity index (χ4n) is 2.63. The summed E-state index contributed by atoms with van der Waals surface area (Å²) in [6, 6.07) is 14.3. The maximum atomic E-state index is 12.3. The van der Waals surface area contributed by atoms with Crippen molar-refractivity contribution in [2.75, 3.05) is 11.9 Å². The van der Waals surface area contributed by atoms with Crippen LogP contribution < -0.4 is 25.6 Å². The summed E-state index contributed by atoms with van der Waals surface area (Å²) in [4.78, 5) is 36.2. The van der Waals surface area contributed by atoms with Crippen LogP contribution in [0, 0.1) is 6.92 Å². The largest absolute Gasteiger partial charge is 0.494 e. The molecule has 0 saturated heterocycles. The molecule has 0 fully saturated rings. The number of carbonyl (C=O) groups is 3. The molecule has 3 amide bonds. The molecule has 2 aromatic carbocycles. The smallest absolute Gasteiger partial charge is 0.279 e. The molecule has 2 aromatic rings. The minimum atomic E-state index is -0.744. The minimum absolute atomic E-state index is 0.0218. The van der Waals surface area contributed by atoms with Gasteiger partial charge in [0.15, 0.2) is 6.10 Å². The third-order valence-electron chi connectivity index (χ3n) is 4.32. The Morgan fingerprint density at radius 3 is 2.06 bits per heavy atom. The highest BCUT2D eigenvalue weighted by molar-refractivity contribution is 5.93. The second-order valence-electron chi connectivity index (χ2n) is 6.87. The van der Waals surface area contributed by atoms with E-state index in [1.165, 1.54) is 0 Å². The van der Waals surface area contributed by atoms with E-state index in [1.807, 2.05) is 32.9 Å². The molecular weight excluding hydrogens is 398 g/mol. The number of aryl methyl sites for hydroxylation is 1. The van der Waals surface area contributed by atoms with Crippen molar-refractivity contribution < 1.29 is 23.9 Å². The van der Waals surface area contributed by atoms with Gasteiger partial charge in [0.2, 0.25) is 11.8 Å². The molecule has 0 radical (unpaired) electrons. The zero-order chi connectivity index (χ0) is 22.6. The lowest BCUT2D eigenvalue weighted by Crippen LogP contribution is -2.48. The number of hydrogen-bond acceptors (Lipinski definition) is 5. The lowest BCUT2D eigenvalue weighted by molar-refractivity contribution is -0.133. The highest BCUT2D eigenvalue weighted by Gasteiger charge is 2.19. The van der Waals surface area contributed by atoms with E-state index in [9.17, 15) is 14.4 Å². The van der Waals surface area contributed by atoms with Crippen LogP contribution in [0.1, 0.15) is 38.7 Å². The Morgan fingerprint density at radius 2 is 1.45 bits per heavy atom. The number of anilines is 1. The first-order chi connectivity index (χ1) is 14.9. The summed E-state index contributed by atoms with van der Waals surface area (Å²) in [5.74, 6) is 0.0488. The van der Waals surface area contributed by atoms with E-state index in [4.69, 9.17) is 9.47 Å². The number of carbonyl (C=O) groups excluding carboxylic acids is 3. The van der Waals surface area contributed by atoms with Crippen LogP contribution in [0.5, 0.6) is 11.5 Å². The van der Waals surface area contributed by atoms with Gasteiger partial charge in [0.1, 0.15) is 11.5 Å². The van der Waals surface area contributed by atoms with Gasteiger partial charge in [0, 0.05) is 18.5 Å². The van der Waals surface area contributed by atoms with Crippen LogP contribution in [0.15, 0.2) is 48.5 Å². The number of hydrazine groups is 1. The van der Waals surface area contributed by atoms with E-state index in [0.29, 0.717) is 30.2 Å². The first-order valence-electron chi connectivity index (χ1n) is 10.3. The van der Waals surface area contributed by atoms with E-state index in [2.05, 4.69) is 16.2 Å². The predicted octanol–water partition coefficient (Wildman–Crippen LogP) is 3.12. The van der Waals surface area contributed by atoms with Crippen LogP contribution in [-0.2, 0) is 14.4 Å². The lowest BCUT2D eigenvalue weighted by atomic mass is 10.2. The summed E-state index contributed by atoms with van der Waals surface area (Å²) in [5, 5.41) is 2.71. The van der Waals surface area contributed by atoms with Crippen LogP contribution in [0.3, 0.4) is 0 Å². The zero-order valence-electron chi connectivity index (χ0n) is 18.1. The molecule has 0 aromatic heterocycles. The molecule has 0 bridgehead atoms. The van der Waals surface area contributed by atoms with Gasteiger partial charge in [-0.1, -0.05) is 24.6 Å². The van der Waals surface area contributed by atoms with Crippen molar-refractivity contribution in [2.24, 2.45) is 0 Å². The molecule has 1 atom stereocenters. The first-order valence-corrected chi connectivity index (χ1v) is 10.3. The van der Waals surface area contributed by atoms with E-state index in [-0.39, 0.29) is 18.7 Å². The van der Waals surface area contributed by atoms with Crippen LogP contribution >= 0.6 is 0 Å². The van der Waals surface area contributed by atoms with Crippen LogP contribution in [-0.4, -0.2) is 30.4 Å². The average molecular weight is 428 g/mol. The van der Waals surface area contributed by atoms with Crippen molar-refractivity contribution >= 4 is 23.4 Å². The summed E-state index contributed by atoms with van der Waals surface area (Å²) >= 11 is 0. The molecule has 2 rings (SSSR count). The van der Waals surface area contributed by atoms with Gasteiger partial charge in [0.05, 0.1) is 6.61 Å². The van der Waals surface area contributed by atoms with Gasteiger partial charge in [-0.15, -0.1) is 0 Å². The predicted molar refractivity (Wildman–Crippen MR) is 118 cm³/mol. The number of hydrogen-bond donors (Lipinski definition) is 3. The molecule has 166 valence electrons. The summed E-state index contributed by atoms with van der Waals surface area (Å²) in [6.07, 6.45) is -0.406. The summed E-state index contributed by atoms with van der Waals surface area (Å²) in [7, 11) is 0. The Morgan fingerprint density at radius 1 is 0.839 bits per heavy atom. The van der Waals surface area contributed by atoms with Gasteiger partial charge in [-0.25, -0.2) is 0 Å². The van der Waals surface area contributed by atoms with Crippen molar-refractivity contribution in [3.63, 3.8) is 0 Å². The first kappa shape index (κ1) is 23.7. The second-order valence-corrected chi connectivity index (χ2v) is 6.87. The lowest BCUT2D eigenvalue weighted by Gasteiger charge is -2.17. The molecule has 0 saturated carbocycles. The van der Waals surface area contributed by atoms with E-state index in [0.717, 1.165) is 5.56 Å². The zero-order valence-corrected chi connectivity index (χ0v) is 18.1. The number of benzene rings is 2. The Hall–Kier alpha value is -3.55. The summed E-state index contributed by atoms with van der Waals surface area (Å²) < 4.78 is 11.0. The van der Waals surface area contributed by atoms with Gasteiger partial charge in [-0.2, -0.15) is 0 Å². The molecular formula is C23H29N3O5. The van der Waals surface area contributed by atoms with E-state index in [1.54, 1.807) is 36.4 Å². The molecule has 8 nitrogen and oxygen atoms in total. The normalized spacial score (nSPS) is 11.2. The molecule has 3 N–H and O–H groups in total. The van der Waals surface area contributed by atoms with Crippen molar-refractivity contribution in [3.8, 4) is 11.5 Å². The second kappa shape index (κ2) is 12.2. The molecule has 1 unspecified atom stereocenters. The molecule has 0 heterocycles. The fourth-order valence-corrected chi connectivity index (χ4v) is 2.63. The molecule has 8 heteroatoms. The number of ether oxygens (including phenoxy) is 2. The van der Waals surface area contributed by atoms with Gasteiger partial charge in [-0.3, -0.25) is 25.2 Å². The van der Waals surface area contributed by atoms with Gasteiger partial charge >= 0.3 is 0 Å². The maximum Gasteiger partial charge on any atom is 0.279 e. The molecule has 0 aliphatic heterocycles.